The van der Waals surface area contributed by atoms with Gasteiger partial charge in [-0.3, -0.25) is 4.68 Å². The number of nitrogens with one attached hydrogen (secondary N) is 2. The third-order valence-electron chi connectivity index (χ3n) is 3.71. The van der Waals surface area contributed by atoms with Gasteiger partial charge in [-0.15, -0.1) is 0 Å². The van der Waals surface area contributed by atoms with Crippen LogP contribution in [0.15, 0.2) is 66.9 Å². The van der Waals surface area contributed by atoms with E-state index in [1.807, 2.05) is 59.4 Å². The van der Waals surface area contributed by atoms with Gasteiger partial charge < -0.3 is 10.6 Å². The van der Waals surface area contributed by atoms with E-state index >= 15 is 0 Å². The summed E-state index contributed by atoms with van der Waals surface area (Å²) in [5.74, 6) is 0.712. The van der Waals surface area contributed by atoms with Gasteiger partial charge in [-0.05, 0) is 35.8 Å². The lowest BCUT2D eigenvalue weighted by Crippen LogP contribution is -2.30. The van der Waals surface area contributed by atoms with Crippen molar-refractivity contribution in [2.45, 2.75) is 13.0 Å². The Hall–Kier alpha value is -2.37. The van der Waals surface area contributed by atoms with Gasteiger partial charge in [0.25, 0.3) is 0 Å². The van der Waals surface area contributed by atoms with Crippen LogP contribution in [0, 0.1) is 0 Å². The largest absolute Gasteiger partial charge is 0.362 e. The van der Waals surface area contributed by atoms with Crippen LogP contribution < -0.4 is 10.6 Å². The second-order valence-corrected chi connectivity index (χ2v) is 6.42. The van der Waals surface area contributed by atoms with Gasteiger partial charge in [-0.1, -0.05) is 60.1 Å². The summed E-state index contributed by atoms with van der Waals surface area (Å²) in [4.78, 5) is 0. The number of thiocarbonyl (C=S) groups is 1. The minimum Gasteiger partial charge on any atom is -0.362 e. The van der Waals surface area contributed by atoms with Crippen LogP contribution in [-0.4, -0.2) is 21.4 Å². The summed E-state index contributed by atoms with van der Waals surface area (Å²) < 4.78 is 1.83. The SMILES string of the molecule is S=C(NCCc1ccccc1)Nc1ccn(Cc2ccccc2Cl)n1. The van der Waals surface area contributed by atoms with E-state index in [1.54, 1.807) is 0 Å². The predicted molar refractivity (Wildman–Crippen MR) is 107 cm³/mol. The van der Waals surface area contributed by atoms with Gasteiger partial charge in [0.15, 0.2) is 10.9 Å². The summed E-state index contributed by atoms with van der Waals surface area (Å²) in [5, 5.41) is 12.1. The van der Waals surface area contributed by atoms with Crippen molar-refractivity contribution in [3.05, 3.63) is 83.0 Å². The Morgan fingerprint density at radius 1 is 1.04 bits per heavy atom. The zero-order chi connectivity index (χ0) is 17.5. The minimum atomic E-state index is 0.568. The Balaban J connectivity index is 1.47. The first-order chi connectivity index (χ1) is 12.2. The molecule has 3 aromatic rings. The molecule has 0 aliphatic carbocycles. The molecule has 0 amide bonds. The molecule has 0 aliphatic heterocycles. The van der Waals surface area contributed by atoms with Gasteiger partial charge >= 0.3 is 0 Å². The fourth-order valence-electron chi connectivity index (χ4n) is 2.44. The molecule has 0 aliphatic rings. The molecule has 0 bridgehead atoms. The highest BCUT2D eigenvalue weighted by molar-refractivity contribution is 7.80. The maximum atomic E-state index is 6.19. The van der Waals surface area contributed by atoms with Crippen LogP contribution in [0.2, 0.25) is 5.02 Å². The lowest BCUT2D eigenvalue weighted by Gasteiger charge is -2.08. The van der Waals surface area contributed by atoms with E-state index in [0.717, 1.165) is 23.6 Å². The average Bonchev–Trinajstić information content (AvgIpc) is 3.05. The predicted octanol–water partition coefficient (Wildman–Crippen LogP) is 4.11. The van der Waals surface area contributed by atoms with E-state index in [2.05, 4.69) is 27.9 Å². The van der Waals surface area contributed by atoms with Crippen LogP contribution in [0.3, 0.4) is 0 Å². The van der Waals surface area contributed by atoms with Gasteiger partial charge in [-0.25, -0.2) is 0 Å². The molecule has 3 rings (SSSR count). The molecule has 0 atom stereocenters. The number of nitrogens with zero attached hydrogens (tertiary/aromatic N) is 2. The van der Waals surface area contributed by atoms with Gasteiger partial charge in [0.05, 0.1) is 6.54 Å². The van der Waals surface area contributed by atoms with Crippen molar-refractivity contribution >= 4 is 34.7 Å². The molecule has 0 saturated heterocycles. The fraction of sp³-hybridized carbons (Fsp3) is 0.158. The molecule has 0 saturated carbocycles. The van der Waals surface area contributed by atoms with E-state index < -0.39 is 0 Å². The second-order valence-electron chi connectivity index (χ2n) is 5.61. The Bertz CT molecular complexity index is 832. The zero-order valence-corrected chi connectivity index (χ0v) is 15.2. The number of halogens is 1. The quantitative estimate of drug-likeness (QED) is 0.641. The van der Waals surface area contributed by atoms with Crippen molar-refractivity contribution in [3.8, 4) is 0 Å². The summed E-state index contributed by atoms with van der Waals surface area (Å²) in [7, 11) is 0. The van der Waals surface area contributed by atoms with Crippen LogP contribution in [-0.2, 0) is 13.0 Å². The monoisotopic (exact) mass is 370 g/mol. The molecule has 0 spiro atoms. The number of anilines is 1. The maximum Gasteiger partial charge on any atom is 0.172 e. The topological polar surface area (TPSA) is 41.9 Å². The molecule has 2 aromatic carbocycles. The molecule has 0 unspecified atom stereocenters. The van der Waals surface area contributed by atoms with Crippen LogP contribution in [0.4, 0.5) is 5.82 Å². The third kappa shape index (κ3) is 5.31. The van der Waals surface area contributed by atoms with Crippen molar-refractivity contribution in [1.82, 2.24) is 15.1 Å². The number of hydrogen-bond donors (Lipinski definition) is 2. The first kappa shape index (κ1) is 17.5. The lowest BCUT2D eigenvalue weighted by atomic mass is 10.1. The normalized spacial score (nSPS) is 10.4. The molecule has 1 heterocycles. The van der Waals surface area contributed by atoms with Crippen LogP contribution >= 0.6 is 23.8 Å². The Labute approximate surface area is 157 Å². The molecular formula is C19H19ClN4S. The number of aromatic nitrogens is 2. The van der Waals surface area contributed by atoms with Gasteiger partial charge in [0.2, 0.25) is 0 Å². The van der Waals surface area contributed by atoms with Crippen molar-refractivity contribution < 1.29 is 0 Å². The third-order valence-corrected chi connectivity index (χ3v) is 4.33. The molecule has 2 N–H and O–H groups in total. The molecule has 4 nitrogen and oxygen atoms in total. The van der Waals surface area contributed by atoms with Crippen LogP contribution in [0.5, 0.6) is 0 Å². The Kier molecular flexibility index (Phi) is 6.04. The summed E-state index contributed by atoms with van der Waals surface area (Å²) in [6.07, 6.45) is 2.82. The first-order valence-corrected chi connectivity index (χ1v) is 8.85. The number of rotatable bonds is 6. The molecule has 128 valence electrons. The Morgan fingerprint density at radius 3 is 2.60 bits per heavy atom. The summed E-state index contributed by atoms with van der Waals surface area (Å²) in [5.41, 5.74) is 2.31. The van der Waals surface area contributed by atoms with Crippen molar-refractivity contribution in [1.29, 1.82) is 0 Å². The lowest BCUT2D eigenvalue weighted by molar-refractivity contribution is 0.690. The molecule has 0 fully saturated rings. The summed E-state index contributed by atoms with van der Waals surface area (Å²) in [6, 6.07) is 20.0. The van der Waals surface area contributed by atoms with Crippen molar-refractivity contribution in [2.24, 2.45) is 0 Å². The molecule has 25 heavy (non-hydrogen) atoms. The molecule has 1 aromatic heterocycles. The van der Waals surface area contributed by atoms with Crippen molar-refractivity contribution in [3.63, 3.8) is 0 Å². The van der Waals surface area contributed by atoms with Crippen LogP contribution in [0.25, 0.3) is 0 Å². The highest BCUT2D eigenvalue weighted by atomic mass is 35.5. The first-order valence-electron chi connectivity index (χ1n) is 8.06. The molecule has 6 heteroatoms. The molecule has 0 radical (unpaired) electrons. The number of benzene rings is 2. The van der Waals surface area contributed by atoms with E-state index in [0.29, 0.717) is 17.5 Å². The van der Waals surface area contributed by atoms with E-state index in [1.165, 1.54) is 5.56 Å². The van der Waals surface area contributed by atoms with Gasteiger partial charge in [-0.2, -0.15) is 5.10 Å². The maximum absolute atomic E-state index is 6.19. The van der Waals surface area contributed by atoms with E-state index in [-0.39, 0.29) is 0 Å². The fourth-order valence-corrected chi connectivity index (χ4v) is 2.85. The highest BCUT2D eigenvalue weighted by Gasteiger charge is 2.04. The van der Waals surface area contributed by atoms with E-state index in [4.69, 9.17) is 23.8 Å². The minimum absolute atomic E-state index is 0.568. The second kappa shape index (κ2) is 8.65. The number of hydrogen-bond acceptors (Lipinski definition) is 2. The van der Waals surface area contributed by atoms with Crippen molar-refractivity contribution in [2.75, 3.05) is 11.9 Å². The van der Waals surface area contributed by atoms with Gasteiger partial charge in [0, 0.05) is 23.8 Å². The Morgan fingerprint density at radius 2 is 1.80 bits per heavy atom. The molecular weight excluding hydrogens is 352 g/mol. The van der Waals surface area contributed by atoms with Gasteiger partial charge in [0.1, 0.15) is 0 Å². The average molecular weight is 371 g/mol. The van der Waals surface area contributed by atoms with E-state index in [9.17, 15) is 0 Å². The summed E-state index contributed by atoms with van der Waals surface area (Å²) >= 11 is 11.5. The summed E-state index contributed by atoms with van der Waals surface area (Å²) in [6.45, 7) is 1.39. The zero-order valence-electron chi connectivity index (χ0n) is 13.7. The highest BCUT2D eigenvalue weighted by Crippen LogP contribution is 2.16. The van der Waals surface area contributed by atoms with Crippen LogP contribution in [0.1, 0.15) is 11.1 Å². The smallest absolute Gasteiger partial charge is 0.172 e. The standard InChI is InChI=1S/C19H19ClN4S/c20-17-9-5-4-8-16(17)14-24-13-11-18(23-24)22-19(25)21-12-10-15-6-2-1-3-7-15/h1-9,11,13H,10,12,14H2,(H2,21,22,23,25).